The number of hydrogen-bond donors (Lipinski definition) is 1. The number of benzene rings is 5. The molecule has 0 radical (unpaired) electrons. The Morgan fingerprint density at radius 3 is 1.73 bits per heavy atom. The van der Waals surface area contributed by atoms with E-state index in [1.54, 1.807) is 0 Å². The van der Waals surface area contributed by atoms with Crippen LogP contribution in [0.25, 0.3) is 0 Å². The number of nitrogens with one attached hydrogen (secondary N) is 1. The molecular weight excluding hydrogens is 756 g/mol. The van der Waals surface area contributed by atoms with Crippen LogP contribution in [-0.2, 0) is 30.3 Å². The van der Waals surface area contributed by atoms with Gasteiger partial charge in [-0.2, -0.15) is 0 Å². The summed E-state index contributed by atoms with van der Waals surface area (Å²) in [7, 11) is 1.42. The summed E-state index contributed by atoms with van der Waals surface area (Å²) in [6.07, 6.45) is -0.650. The number of carbonyl (C=O) groups excluding carboxylic acids is 3. The number of amides is 2. The molecule has 1 saturated heterocycles. The fraction of sp³-hybridized carbons (Fsp3) is 0.130. The number of nitrogens with zero attached hydrogens (tertiary/aromatic N) is 1. The number of esters is 1. The van der Waals surface area contributed by atoms with Crippen molar-refractivity contribution in [2.24, 2.45) is 0 Å². The largest absolute Gasteiger partial charge is 0.448 e. The van der Waals surface area contributed by atoms with Crippen LogP contribution in [0.3, 0.4) is 0 Å². The van der Waals surface area contributed by atoms with Crippen LogP contribution in [0.2, 0.25) is 0 Å². The molecule has 10 heteroatoms. The zero-order valence-electron chi connectivity index (χ0n) is 30.6. The second kappa shape index (κ2) is 16.3. The molecule has 7 nitrogen and oxygen atoms in total. The normalized spacial score (nSPS) is 17.9. The Balaban J connectivity index is 1.32. The van der Waals surface area contributed by atoms with Crippen molar-refractivity contribution < 1.29 is 23.9 Å². The molecule has 0 unspecified atom stereocenters. The van der Waals surface area contributed by atoms with E-state index >= 15 is 4.79 Å². The highest BCUT2D eigenvalue weighted by Crippen LogP contribution is 2.50. The summed E-state index contributed by atoms with van der Waals surface area (Å²) in [5.41, 5.74) is 0.731. The average molecular weight is 795 g/mol. The van der Waals surface area contributed by atoms with Crippen LogP contribution < -0.4 is 21.2 Å². The number of thioether (sulfide) groups is 1. The molecule has 1 N–H and O–H groups in total. The minimum Gasteiger partial charge on any atom is -0.448 e. The van der Waals surface area contributed by atoms with Crippen molar-refractivity contribution in [3.63, 3.8) is 0 Å². The Kier molecular flexibility index (Phi) is 10.9. The van der Waals surface area contributed by atoms with Crippen LogP contribution in [-0.4, -0.2) is 52.4 Å². The van der Waals surface area contributed by atoms with Gasteiger partial charge in [0, 0.05) is 17.7 Å². The second-order valence-corrected chi connectivity index (χ2v) is 18.8. The lowest BCUT2D eigenvalue weighted by Gasteiger charge is -2.56. The molecule has 8 rings (SSSR count). The minimum atomic E-state index is -2.63. The standard InChI is InChI=1S/C46H39N2O5PS2/c1-52-46(47-40(49)30-39-28-17-29-55-39)44(51)48-41(43(50)53-42(33-18-7-2-8-19-33)34-20-9-3-10-21-34)35(32-56-45(46)48)31-54(36-22-11-4-12-23-36,37-24-13-5-14-25-37)38-26-15-6-16-27-38/h2-29,31,42,45H,30,32H2,1H3,(H,47,49)/t45-,46+/m1/s1. The van der Waals surface area contributed by atoms with Crippen LogP contribution in [0, 0.1) is 0 Å². The van der Waals surface area contributed by atoms with Crippen LogP contribution >= 0.6 is 30.0 Å². The molecule has 0 spiro atoms. The molecule has 2 atom stereocenters. The Labute approximate surface area is 335 Å². The first-order valence-corrected chi connectivity index (χ1v) is 22.0. The molecule has 3 heterocycles. The predicted octanol–water partition coefficient (Wildman–Crippen LogP) is 7.05. The summed E-state index contributed by atoms with van der Waals surface area (Å²) in [6.45, 7) is -2.63. The highest BCUT2D eigenvalue weighted by atomic mass is 32.2. The summed E-state index contributed by atoms with van der Waals surface area (Å²) in [5.74, 6) is 1.05. The minimum absolute atomic E-state index is 0.102. The highest BCUT2D eigenvalue weighted by Gasteiger charge is 2.66. The zero-order chi connectivity index (χ0) is 38.5. The van der Waals surface area contributed by atoms with Crippen LogP contribution in [0.5, 0.6) is 0 Å². The number of β-lactam (4-membered cyclic amide) rings is 1. The Morgan fingerprint density at radius 2 is 1.27 bits per heavy atom. The number of methoxy groups -OCH3 is 1. The van der Waals surface area contributed by atoms with Crippen LogP contribution in [0.1, 0.15) is 22.1 Å². The van der Waals surface area contributed by atoms with Gasteiger partial charge in [0.15, 0.2) is 6.10 Å². The van der Waals surface area contributed by atoms with E-state index in [-0.39, 0.29) is 18.0 Å². The van der Waals surface area contributed by atoms with Crippen molar-refractivity contribution in [3.05, 3.63) is 196 Å². The van der Waals surface area contributed by atoms with E-state index in [0.717, 1.165) is 31.9 Å². The molecule has 2 aliphatic heterocycles. The topological polar surface area (TPSA) is 84.9 Å². The lowest BCUT2D eigenvalue weighted by Crippen LogP contribution is -2.80. The molecule has 2 aliphatic rings. The average Bonchev–Trinajstić information content (AvgIpc) is 3.78. The number of ether oxygens (including phenoxy) is 2. The lowest BCUT2D eigenvalue weighted by atomic mass is 9.97. The first-order valence-electron chi connectivity index (χ1n) is 18.2. The van der Waals surface area contributed by atoms with Gasteiger partial charge in [0.25, 0.3) is 11.6 Å². The van der Waals surface area contributed by atoms with Gasteiger partial charge in [-0.3, -0.25) is 14.5 Å². The van der Waals surface area contributed by atoms with Crippen molar-refractivity contribution in [1.82, 2.24) is 10.2 Å². The van der Waals surface area contributed by atoms with E-state index in [2.05, 4.69) is 47.5 Å². The van der Waals surface area contributed by atoms with Gasteiger partial charge in [0.1, 0.15) is 11.1 Å². The summed E-state index contributed by atoms with van der Waals surface area (Å²) >= 11 is 2.92. The molecule has 280 valence electrons. The monoisotopic (exact) mass is 794 g/mol. The molecule has 2 amide bonds. The van der Waals surface area contributed by atoms with Gasteiger partial charge in [-0.25, -0.2) is 4.79 Å². The van der Waals surface area contributed by atoms with Gasteiger partial charge < -0.3 is 14.8 Å². The SMILES string of the molecule is CO[C@@]1(NC(=O)Cc2cccs2)C(=O)N2C(C(=O)OC(c3ccccc3)c3ccccc3)=C(C=P(c3ccccc3)(c3ccccc3)c3ccccc3)CS[C@@H]21. The summed E-state index contributed by atoms with van der Waals surface area (Å²) < 4.78 is 12.5. The molecule has 0 aliphatic carbocycles. The third-order valence-corrected chi connectivity index (χ3v) is 16.3. The third-order valence-electron chi connectivity index (χ3n) is 10.1. The van der Waals surface area contributed by atoms with Gasteiger partial charge >= 0.3 is 5.97 Å². The van der Waals surface area contributed by atoms with E-state index in [4.69, 9.17) is 9.47 Å². The fourth-order valence-electron chi connectivity index (χ4n) is 7.46. The molecule has 5 aromatic carbocycles. The summed E-state index contributed by atoms with van der Waals surface area (Å²) in [6, 6.07) is 54.0. The van der Waals surface area contributed by atoms with Gasteiger partial charge in [-0.1, -0.05) is 158 Å². The maximum atomic E-state index is 15.1. The van der Waals surface area contributed by atoms with E-state index < -0.39 is 36.0 Å². The molecule has 0 saturated carbocycles. The zero-order valence-corrected chi connectivity index (χ0v) is 33.1. The van der Waals surface area contributed by atoms with E-state index in [0.29, 0.717) is 11.3 Å². The fourth-order valence-corrected chi connectivity index (χ4v) is 13.6. The Bertz CT molecular complexity index is 2270. The highest BCUT2D eigenvalue weighted by molar-refractivity contribution is 8.00. The molecule has 56 heavy (non-hydrogen) atoms. The Morgan fingerprint density at radius 1 is 0.768 bits per heavy atom. The molecule has 6 aromatic rings. The van der Waals surface area contributed by atoms with E-state index in [9.17, 15) is 9.59 Å². The molecule has 0 bridgehead atoms. The van der Waals surface area contributed by atoms with E-state index in [1.165, 1.54) is 35.1 Å². The first-order chi connectivity index (χ1) is 27.4. The Hall–Kier alpha value is -5.44. The maximum absolute atomic E-state index is 15.1. The van der Waals surface area contributed by atoms with Crippen molar-refractivity contribution in [1.29, 1.82) is 0 Å². The maximum Gasteiger partial charge on any atom is 0.356 e. The quantitative estimate of drug-likeness (QED) is 0.0620. The summed E-state index contributed by atoms with van der Waals surface area (Å²) in [5, 5.41) is 7.38. The number of rotatable bonds is 12. The predicted molar refractivity (Wildman–Crippen MR) is 228 cm³/mol. The molecule has 1 aromatic heterocycles. The first kappa shape index (κ1) is 37.5. The van der Waals surface area contributed by atoms with E-state index in [1.807, 2.05) is 133 Å². The number of fused-ring (bicyclic) bond motifs is 1. The molecular formula is C46H39N2O5PS2. The number of carbonyl (C=O) groups is 3. The van der Waals surface area contributed by atoms with Gasteiger partial charge in [-0.15, -0.1) is 23.1 Å². The van der Waals surface area contributed by atoms with Crippen LogP contribution in [0.4, 0.5) is 0 Å². The summed E-state index contributed by atoms with van der Waals surface area (Å²) in [4.78, 5) is 45.6. The van der Waals surface area contributed by atoms with Crippen molar-refractivity contribution >= 4 is 69.5 Å². The smallest absolute Gasteiger partial charge is 0.356 e. The van der Waals surface area contributed by atoms with Crippen molar-refractivity contribution in [2.45, 2.75) is 23.6 Å². The van der Waals surface area contributed by atoms with Gasteiger partial charge in [-0.05, 0) is 56.7 Å². The molecule has 1 fully saturated rings. The third kappa shape index (κ3) is 6.97. The number of hydrogen-bond acceptors (Lipinski definition) is 7. The van der Waals surface area contributed by atoms with Crippen LogP contribution in [0.15, 0.2) is 180 Å². The van der Waals surface area contributed by atoms with Crippen molar-refractivity contribution in [2.75, 3.05) is 12.9 Å². The lowest BCUT2D eigenvalue weighted by molar-refractivity contribution is -0.193. The van der Waals surface area contributed by atoms with Gasteiger partial charge in [0.05, 0.1) is 6.42 Å². The van der Waals surface area contributed by atoms with Gasteiger partial charge in [0.2, 0.25) is 5.91 Å². The number of thiophene rings is 1. The second-order valence-electron chi connectivity index (χ2n) is 13.4. The van der Waals surface area contributed by atoms with Crippen molar-refractivity contribution in [3.8, 4) is 0 Å².